The van der Waals surface area contributed by atoms with Crippen LogP contribution in [0.2, 0.25) is 0 Å². The van der Waals surface area contributed by atoms with Crippen molar-refractivity contribution < 1.29 is 19.0 Å². The van der Waals surface area contributed by atoms with Crippen molar-refractivity contribution in [3.05, 3.63) is 54.7 Å². The molecule has 1 aromatic heterocycles. The van der Waals surface area contributed by atoms with E-state index in [1.807, 2.05) is 28.8 Å². The fourth-order valence-electron chi connectivity index (χ4n) is 2.84. The molecule has 8 nitrogen and oxygen atoms in total. The zero-order valence-corrected chi connectivity index (χ0v) is 16.6. The maximum Gasteiger partial charge on any atom is 0.326 e. The molecule has 0 spiro atoms. The minimum Gasteiger partial charge on any atom is -0.497 e. The number of nitrogens with zero attached hydrogens (tertiary/aromatic N) is 2. The Morgan fingerprint density at radius 1 is 1.00 bits per heavy atom. The lowest BCUT2D eigenvalue weighted by atomic mass is 10.1. The predicted molar refractivity (Wildman–Crippen MR) is 112 cm³/mol. The number of carbonyl (C=O) groups is 1. The van der Waals surface area contributed by atoms with E-state index in [0.717, 1.165) is 17.0 Å². The first-order chi connectivity index (χ1) is 14.1. The van der Waals surface area contributed by atoms with Crippen LogP contribution in [0.1, 0.15) is 0 Å². The monoisotopic (exact) mass is 396 g/mol. The number of hydrogen-bond acceptors (Lipinski definition) is 5. The molecule has 0 aliphatic rings. The summed E-state index contributed by atoms with van der Waals surface area (Å²) < 4.78 is 17.5. The highest BCUT2D eigenvalue weighted by atomic mass is 16.5. The van der Waals surface area contributed by atoms with Gasteiger partial charge in [-0.05, 0) is 36.4 Å². The van der Waals surface area contributed by atoms with E-state index < -0.39 is 6.03 Å². The van der Waals surface area contributed by atoms with Crippen molar-refractivity contribution in [3.63, 3.8) is 0 Å². The van der Waals surface area contributed by atoms with Crippen molar-refractivity contribution >= 4 is 17.7 Å². The summed E-state index contributed by atoms with van der Waals surface area (Å²) in [6, 6.07) is 14.3. The second-order valence-electron chi connectivity index (χ2n) is 6.15. The number of aromatic nitrogens is 2. The van der Waals surface area contributed by atoms with Gasteiger partial charge in [0, 0.05) is 24.9 Å². The van der Waals surface area contributed by atoms with E-state index in [9.17, 15) is 4.79 Å². The van der Waals surface area contributed by atoms with Gasteiger partial charge in [-0.2, -0.15) is 0 Å². The van der Waals surface area contributed by atoms with E-state index in [-0.39, 0.29) is 0 Å². The molecule has 0 aliphatic heterocycles. The lowest BCUT2D eigenvalue weighted by molar-refractivity contribution is 0.188. The molecule has 1 heterocycles. The van der Waals surface area contributed by atoms with Gasteiger partial charge >= 0.3 is 6.03 Å². The normalized spacial score (nSPS) is 10.4. The molecule has 0 radical (unpaired) electrons. The molecular formula is C21H24N4O4. The van der Waals surface area contributed by atoms with E-state index in [1.54, 1.807) is 51.8 Å². The highest BCUT2D eigenvalue weighted by Gasteiger charge is 2.15. The third-order valence-electron chi connectivity index (χ3n) is 4.31. The summed E-state index contributed by atoms with van der Waals surface area (Å²) in [5.41, 5.74) is 2.42. The number of carbonyl (C=O) groups excluding carboxylic acids is 1. The standard InChI is InChI=1S/C21H24N4O4/c1-27-12-11-25-19(15-5-4-6-18(13-15)29-3)14-22-20(25)24-21(26)23-16-7-9-17(28-2)10-8-16/h4-10,13-14H,11-12H2,1-3H3,(H2,22,23,24,26). The van der Waals surface area contributed by atoms with Gasteiger partial charge in [-0.15, -0.1) is 0 Å². The van der Waals surface area contributed by atoms with Gasteiger partial charge in [0.15, 0.2) is 0 Å². The maximum atomic E-state index is 12.5. The predicted octanol–water partition coefficient (Wildman–Crippen LogP) is 3.86. The Hall–Kier alpha value is -3.52. The number of methoxy groups -OCH3 is 3. The van der Waals surface area contributed by atoms with Gasteiger partial charge in [0.25, 0.3) is 0 Å². The van der Waals surface area contributed by atoms with E-state index >= 15 is 0 Å². The van der Waals surface area contributed by atoms with Crippen LogP contribution in [0, 0.1) is 0 Å². The zero-order valence-electron chi connectivity index (χ0n) is 16.6. The lowest BCUT2D eigenvalue weighted by Gasteiger charge is -2.13. The topological polar surface area (TPSA) is 86.6 Å². The highest BCUT2D eigenvalue weighted by molar-refractivity contribution is 5.99. The first-order valence-electron chi connectivity index (χ1n) is 9.05. The third-order valence-corrected chi connectivity index (χ3v) is 4.31. The van der Waals surface area contributed by atoms with Gasteiger partial charge in [-0.25, -0.2) is 9.78 Å². The average Bonchev–Trinajstić information content (AvgIpc) is 3.14. The van der Waals surface area contributed by atoms with Crippen LogP contribution in [0.5, 0.6) is 11.5 Å². The minimum absolute atomic E-state index is 0.392. The van der Waals surface area contributed by atoms with Crippen LogP contribution < -0.4 is 20.1 Å². The number of benzene rings is 2. The molecule has 29 heavy (non-hydrogen) atoms. The summed E-state index contributed by atoms with van der Waals surface area (Å²) in [6.45, 7) is 1.00. The van der Waals surface area contributed by atoms with Crippen molar-refractivity contribution in [2.24, 2.45) is 0 Å². The number of nitrogens with one attached hydrogen (secondary N) is 2. The van der Waals surface area contributed by atoms with Crippen LogP contribution in [-0.4, -0.2) is 43.5 Å². The summed E-state index contributed by atoms with van der Waals surface area (Å²) in [5, 5.41) is 5.58. The van der Waals surface area contributed by atoms with Crippen LogP contribution in [0.25, 0.3) is 11.3 Å². The van der Waals surface area contributed by atoms with E-state index in [2.05, 4.69) is 15.6 Å². The van der Waals surface area contributed by atoms with Crippen molar-refractivity contribution in [2.45, 2.75) is 6.54 Å². The van der Waals surface area contributed by atoms with Gasteiger partial charge in [0.2, 0.25) is 5.95 Å². The highest BCUT2D eigenvalue weighted by Crippen LogP contribution is 2.26. The fraction of sp³-hybridized carbons (Fsp3) is 0.238. The van der Waals surface area contributed by atoms with E-state index in [4.69, 9.17) is 14.2 Å². The molecule has 8 heteroatoms. The summed E-state index contributed by atoms with van der Waals surface area (Å²) in [4.78, 5) is 16.8. The maximum absolute atomic E-state index is 12.5. The summed E-state index contributed by atoms with van der Waals surface area (Å²) in [7, 11) is 4.85. The number of anilines is 2. The molecule has 2 aromatic carbocycles. The summed E-state index contributed by atoms with van der Waals surface area (Å²) in [5.74, 6) is 1.88. The van der Waals surface area contributed by atoms with Gasteiger partial charge in [-0.1, -0.05) is 12.1 Å². The molecule has 152 valence electrons. The molecule has 0 fully saturated rings. The van der Waals surface area contributed by atoms with Crippen LogP contribution in [0.4, 0.5) is 16.4 Å². The molecular weight excluding hydrogens is 372 g/mol. The molecule has 0 saturated heterocycles. The van der Waals surface area contributed by atoms with Crippen LogP contribution in [-0.2, 0) is 11.3 Å². The zero-order chi connectivity index (χ0) is 20.6. The first-order valence-corrected chi connectivity index (χ1v) is 9.05. The third kappa shape index (κ3) is 5.05. The largest absolute Gasteiger partial charge is 0.497 e. The molecule has 3 rings (SSSR count). The Labute approximate surface area is 169 Å². The van der Waals surface area contributed by atoms with Gasteiger partial charge < -0.3 is 24.1 Å². The Kier molecular flexibility index (Phi) is 6.70. The average molecular weight is 396 g/mol. The van der Waals surface area contributed by atoms with E-state index in [1.165, 1.54) is 0 Å². The second kappa shape index (κ2) is 9.61. The molecule has 0 unspecified atom stereocenters. The number of hydrogen-bond donors (Lipinski definition) is 2. The van der Waals surface area contributed by atoms with E-state index in [0.29, 0.717) is 30.5 Å². The number of rotatable bonds is 8. The smallest absolute Gasteiger partial charge is 0.326 e. The molecule has 2 amide bonds. The molecule has 0 atom stereocenters. The van der Waals surface area contributed by atoms with Crippen molar-refractivity contribution in [1.29, 1.82) is 0 Å². The second-order valence-corrected chi connectivity index (χ2v) is 6.15. The van der Waals surface area contributed by atoms with Crippen molar-refractivity contribution in [3.8, 4) is 22.8 Å². The van der Waals surface area contributed by atoms with Crippen molar-refractivity contribution in [1.82, 2.24) is 9.55 Å². The summed E-state index contributed by atoms with van der Waals surface area (Å²) >= 11 is 0. The molecule has 0 bridgehead atoms. The molecule has 0 saturated carbocycles. The number of urea groups is 1. The lowest BCUT2D eigenvalue weighted by Crippen LogP contribution is -2.22. The molecule has 3 aromatic rings. The Balaban J connectivity index is 1.80. The van der Waals surface area contributed by atoms with Crippen LogP contribution in [0.15, 0.2) is 54.7 Å². The van der Waals surface area contributed by atoms with Crippen molar-refractivity contribution in [2.75, 3.05) is 38.6 Å². The number of imidazole rings is 1. The Bertz CT molecular complexity index is 954. The Morgan fingerprint density at radius 2 is 1.76 bits per heavy atom. The van der Waals surface area contributed by atoms with Gasteiger partial charge in [-0.3, -0.25) is 5.32 Å². The first kappa shape index (κ1) is 20.2. The molecule has 0 aliphatic carbocycles. The SMILES string of the molecule is COCCn1c(-c2cccc(OC)c2)cnc1NC(=O)Nc1ccc(OC)cc1. The van der Waals surface area contributed by atoms with Gasteiger partial charge in [0.1, 0.15) is 11.5 Å². The Morgan fingerprint density at radius 3 is 2.45 bits per heavy atom. The van der Waals surface area contributed by atoms with Crippen LogP contribution >= 0.6 is 0 Å². The number of ether oxygens (including phenoxy) is 3. The molecule has 2 N–H and O–H groups in total. The van der Waals surface area contributed by atoms with Crippen LogP contribution in [0.3, 0.4) is 0 Å². The fourth-order valence-corrected chi connectivity index (χ4v) is 2.84. The van der Waals surface area contributed by atoms with Gasteiger partial charge in [0.05, 0.1) is 32.7 Å². The number of amides is 2. The summed E-state index contributed by atoms with van der Waals surface area (Å²) in [6.07, 6.45) is 1.72. The minimum atomic E-state index is -0.392. The quantitative estimate of drug-likeness (QED) is 0.604.